The summed E-state index contributed by atoms with van der Waals surface area (Å²) in [7, 11) is -2.79. The van der Waals surface area contributed by atoms with Crippen LogP contribution in [0.4, 0.5) is 5.69 Å². The van der Waals surface area contributed by atoms with Crippen molar-refractivity contribution in [3.63, 3.8) is 0 Å². The number of likely N-dealkylation sites (N-methyl/N-ethyl adjacent to an activating group) is 1. The first-order valence-electron chi connectivity index (χ1n) is 8.41. The second-order valence-electron chi connectivity index (χ2n) is 6.08. The van der Waals surface area contributed by atoms with Gasteiger partial charge in [0.25, 0.3) is 5.91 Å². The molecule has 0 bridgehead atoms. The number of allylic oxidation sites excluding steroid dienone is 1. The van der Waals surface area contributed by atoms with Gasteiger partial charge >= 0.3 is 10.2 Å². The van der Waals surface area contributed by atoms with Crippen molar-refractivity contribution < 1.29 is 13.2 Å². The first-order chi connectivity index (χ1) is 13.2. The third kappa shape index (κ3) is 3.65. The number of hydrogen-bond acceptors (Lipinski definition) is 5. The highest BCUT2D eigenvalue weighted by Crippen LogP contribution is 2.22. The molecule has 0 unspecified atom stereocenters. The molecule has 0 aliphatic carbocycles. The van der Waals surface area contributed by atoms with Crippen molar-refractivity contribution in [1.82, 2.24) is 14.1 Å². The molecule has 28 heavy (non-hydrogen) atoms. The number of rotatable bonds is 4. The summed E-state index contributed by atoms with van der Waals surface area (Å²) in [5.41, 5.74) is 2.13. The lowest BCUT2D eigenvalue weighted by molar-refractivity contribution is -0.113. The number of nitrogens with one attached hydrogen (secondary N) is 1. The van der Waals surface area contributed by atoms with E-state index < -0.39 is 16.1 Å². The standard InChI is InChI=1S/C18H18N6O3S/c1-4-24-11-15(12(2)21-24)16-9-17(23(3)28(26,27)22-16)18(25)20-14-7-5-13(10-19)6-8-14/h5-9,11H,4H2,1-3H3,(H,20,25). The number of aryl methyl sites for hydroxylation is 2. The number of anilines is 1. The average molecular weight is 398 g/mol. The summed E-state index contributed by atoms with van der Waals surface area (Å²) in [5, 5.41) is 15.8. The zero-order valence-electron chi connectivity index (χ0n) is 15.5. The van der Waals surface area contributed by atoms with Crippen molar-refractivity contribution in [1.29, 1.82) is 5.26 Å². The van der Waals surface area contributed by atoms with Crippen LogP contribution in [-0.2, 0) is 21.5 Å². The third-order valence-electron chi connectivity index (χ3n) is 4.22. The molecule has 0 atom stereocenters. The van der Waals surface area contributed by atoms with E-state index in [2.05, 4.69) is 14.8 Å². The number of amides is 1. The van der Waals surface area contributed by atoms with Crippen molar-refractivity contribution >= 4 is 27.5 Å². The quantitative estimate of drug-likeness (QED) is 0.838. The summed E-state index contributed by atoms with van der Waals surface area (Å²) in [6.07, 6.45) is 3.12. The molecule has 0 saturated carbocycles. The third-order valence-corrected chi connectivity index (χ3v) is 5.54. The van der Waals surface area contributed by atoms with Crippen LogP contribution in [0.5, 0.6) is 0 Å². The van der Waals surface area contributed by atoms with E-state index in [1.165, 1.54) is 13.1 Å². The fourth-order valence-corrected chi connectivity index (χ4v) is 3.55. The Morgan fingerprint density at radius 1 is 1.29 bits per heavy atom. The maximum atomic E-state index is 12.7. The molecule has 9 nitrogen and oxygen atoms in total. The molecule has 1 aromatic heterocycles. The Bertz CT molecular complexity index is 1140. The molecule has 1 aliphatic heterocycles. The maximum Gasteiger partial charge on any atom is 0.345 e. The molecule has 1 aromatic carbocycles. The number of aromatic nitrogens is 2. The molecule has 3 rings (SSSR count). The van der Waals surface area contributed by atoms with E-state index in [1.54, 1.807) is 42.1 Å². The van der Waals surface area contributed by atoms with Gasteiger partial charge in [0.05, 0.1) is 23.0 Å². The van der Waals surface area contributed by atoms with E-state index in [0.29, 0.717) is 29.1 Å². The molecule has 1 amide bonds. The monoisotopic (exact) mass is 398 g/mol. The van der Waals surface area contributed by atoms with Gasteiger partial charge in [-0.25, -0.2) is 4.31 Å². The molecule has 0 spiro atoms. The Hall–Kier alpha value is -3.45. The molecule has 2 aromatic rings. The fraction of sp³-hybridized carbons (Fsp3) is 0.222. The summed E-state index contributed by atoms with van der Waals surface area (Å²) in [5.74, 6) is -0.608. The smallest absolute Gasteiger partial charge is 0.321 e. The van der Waals surface area contributed by atoms with Gasteiger partial charge in [-0.2, -0.15) is 18.8 Å². The predicted molar refractivity (Wildman–Crippen MR) is 104 cm³/mol. The van der Waals surface area contributed by atoms with Crippen LogP contribution in [0.2, 0.25) is 0 Å². The molecule has 1 N–H and O–H groups in total. The maximum absolute atomic E-state index is 12.7. The van der Waals surface area contributed by atoms with Crippen LogP contribution < -0.4 is 5.32 Å². The van der Waals surface area contributed by atoms with Gasteiger partial charge < -0.3 is 5.32 Å². The van der Waals surface area contributed by atoms with E-state index in [1.807, 2.05) is 13.0 Å². The highest BCUT2D eigenvalue weighted by atomic mass is 32.2. The predicted octanol–water partition coefficient (Wildman–Crippen LogP) is 1.58. The lowest BCUT2D eigenvalue weighted by atomic mass is 10.1. The van der Waals surface area contributed by atoms with E-state index in [4.69, 9.17) is 5.26 Å². The average Bonchev–Trinajstić information content (AvgIpc) is 3.05. The molecule has 0 fully saturated rings. The number of carbonyl (C=O) groups is 1. The van der Waals surface area contributed by atoms with Crippen LogP contribution in [0, 0.1) is 18.3 Å². The normalized spacial score (nSPS) is 15.4. The van der Waals surface area contributed by atoms with Crippen molar-refractivity contribution in [2.75, 3.05) is 12.4 Å². The van der Waals surface area contributed by atoms with Crippen LogP contribution in [0.3, 0.4) is 0 Å². The minimum absolute atomic E-state index is 0.0713. The summed E-state index contributed by atoms with van der Waals surface area (Å²) in [6, 6.07) is 8.24. The zero-order valence-corrected chi connectivity index (χ0v) is 16.4. The van der Waals surface area contributed by atoms with Crippen LogP contribution in [-0.4, -0.2) is 41.2 Å². The lowest BCUT2D eigenvalue weighted by Crippen LogP contribution is -2.35. The Kier molecular flexibility index (Phi) is 5.02. The lowest BCUT2D eigenvalue weighted by Gasteiger charge is -2.23. The van der Waals surface area contributed by atoms with Gasteiger partial charge in [0, 0.05) is 31.0 Å². The van der Waals surface area contributed by atoms with E-state index in [0.717, 1.165) is 4.31 Å². The zero-order chi connectivity index (χ0) is 20.5. The van der Waals surface area contributed by atoms with Gasteiger partial charge in [-0.15, -0.1) is 4.40 Å². The number of benzene rings is 1. The molecular weight excluding hydrogens is 380 g/mol. The Morgan fingerprint density at radius 3 is 2.54 bits per heavy atom. The molecule has 0 saturated heterocycles. The first-order valence-corrected chi connectivity index (χ1v) is 9.81. The Morgan fingerprint density at radius 2 is 1.96 bits per heavy atom. The van der Waals surface area contributed by atoms with Gasteiger partial charge in [-0.1, -0.05) is 0 Å². The van der Waals surface area contributed by atoms with E-state index >= 15 is 0 Å². The fourth-order valence-electron chi connectivity index (χ4n) is 2.65. The van der Waals surface area contributed by atoms with Crippen LogP contribution in [0.1, 0.15) is 23.7 Å². The number of nitrogens with zero attached hydrogens (tertiary/aromatic N) is 5. The summed E-state index contributed by atoms with van der Waals surface area (Å²) < 4.78 is 31.2. The second-order valence-corrected chi connectivity index (χ2v) is 7.70. The SMILES string of the molecule is CCn1cc(C2=NS(=O)(=O)N(C)C(C(=O)Nc3ccc(C#N)cc3)=C2)c(C)n1. The summed E-state index contributed by atoms with van der Waals surface area (Å²) >= 11 is 0. The van der Waals surface area contributed by atoms with Gasteiger partial charge in [0.2, 0.25) is 0 Å². The second kappa shape index (κ2) is 7.28. The Balaban J connectivity index is 1.96. The van der Waals surface area contributed by atoms with Gasteiger partial charge in [-0.3, -0.25) is 9.48 Å². The van der Waals surface area contributed by atoms with Crippen LogP contribution in [0.25, 0.3) is 0 Å². The summed E-state index contributed by atoms with van der Waals surface area (Å²) in [4.78, 5) is 12.7. The molecule has 2 heterocycles. The van der Waals surface area contributed by atoms with Crippen molar-refractivity contribution in [3.05, 3.63) is 59.1 Å². The molecular formula is C18H18N6O3S. The minimum Gasteiger partial charge on any atom is -0.321 e. The number of hydrogen-bond donors (Lipinski definition) is 1. The van der Waals surface area contributed by atoms with Gasteiger partial charge in [0.15, 0.2) is 0 Å². The number of nitriles is 1. The highest BCUT2D eigenvalue weighted by Gasteiger charge is 2.31. The number of carbonyl (C=O) groups excluding carboxylic acids is 1. The van der Waals surface area contributed by atoms with Crippen molar-refractivity contribution in [2.24, 2.45) is 4.40 Å². The van der Waals surface area contributed by atoms with Gasteiger partial charge in [-0.05, 0) is 44.2 Å². The summed E-state index contributed by atoms with van der Waals surface area (Å²) in [6.45, 7) is 4.28. The minimum atomic E-state index is -4.06. The topological polar surface area (TPSA) is 120 Å². The van der Waals surface area contributed by atoms with E-state index in [9.17, 15) is 13.2 Å². The largest absolute Gasteiger partial charge is 0.345 e. The van der Waals surface area contributed by atoms with Crippen molar-refractivity contribution in [3.8, 4) is 6.07 Å². The van der Waals surface area contributed by atoms with Crippen LogP contribution >= 0.6 is 0 Å². The molecule has 1 aliphatic rings. The molecule has 0 radical (unpaired) electrons. The molecule has 144 valence electrons. The van der Waals surface area contributed by atoms with E-state index in [-0.39, 0.29) is 11.4 Å². The van der Waals surface area contributed by atoms with Crippen molar-refractivity contribution in [2.45, 2.75) is 20.4 Å². The van der Waals surface area contributed by atoms with Gasteiger partial charge in [0.1, 0.15) is 5.70 Å². The Labute approximate surface area is 162 Å². The highest BCUT2D eigenvalue weighted by molar-refractivity contribution is 7.88. The van der Waals surface area contributed by atoms with Crippen LogP contribution in [0.15, 0.2) is 46.6 Å². The molecule has 10 heteroatoms. The first kappa shape index (κ1) is 19.3.